The van der Waals surface area contributed by atoms with Gasteiger partial charge in [-0.05, 0) is 62.6 Å². The van der Waals surface area contributed by atoms with Crippen LogP contribution in [0.4, 0.5) is 0 Å². The molecule has 1 aromatic heterocycles. The van der Waals surface area contributed by atoms with Crippen LogP contribution in [-0.4, -0.2) is 38.8 Å². The number of benzene rings is 2. The molecule has 0 radical (unpaired) electrons. The van der Waals surface area contributed by atoms with Crippen LogP contribution in [0.15, 0.2) is 59.1 Å². The number of aliphatic hydroxyl groups is 1. The number of nitrogens with zero attached hydrogens (tertiary/aromatic N) is 3. The minimum absolute atomic E-state index is 0.0222. The average Bonchev–Trinajstić information content (AvgIpc) is 3.06. The molecular formula is C23H24BrN3O2. The molecule has 1 N–H and O–H groups in total. The number of likely N-dealkylation sites (tertiary alicyclic amines) is 1. The second kappa shape index (κ2) is 7.76. The molecule has 2 heterocycles. The molecule has 150 valence electrons. The van der Waals surface area contributed by atoms with Gasteiger partial charge in [0.15, 0.2) is 0 Å². The Morgan fingerprint density at radius 1 is 1.07 bits per heavy atom. The first kappa shape index (κ1) is 19.9. The summed E-state index contributed by atoms with van der Waals surface area (Å²) in [6, 6.07) is 17.3. The van der Waals surface area contributed by atoms with Crippen LogP contribution < -0.4 is 0 Å². The van der Waals surface area contributed by atoms with Gasteiger partial charge in [-0.1, -0.05) is 40.2 Å². The summed E-state index contributed by atoms with van der Waals surface area (Å²) in [7, 11) is 0. The van der Waals surface area contributed by atoms with Crippen LogP contribution in [0.1, 0.15) is 40.2 Å². The number of para-hydroxylation sites is 1. The summed E-state index contributed by atoms with van der Waals surface area (Å²) >= 11 is 3.43. The maximum absolute atomic E-state index is 13.3. The third-order valence-corrected chi connectivity index (χ3v) is 6.16. The summed E-state index contributed by atoms with van der Waals surface area (Å²) in [5, 5.41) is 15.6. The van der Waals surface area contributed by atoms with Gasteiger partial charge in [0.2, 0.25) is 0 Å². The predicted molar refractivity (Wildman–Crippen MR) is 116 cm³/mol. The van der Waals surface area contributed by atoms with Crippen molar-refractivity contribution in [2.45, 2.75) is 32.3 Å². The number of hydrogen-bond acceptors (Lipinski definition) is 3. The first-order valence-corrected chi connectivity index (χ1v) is 10.6. The number of piperidine rings is 1. The van der Waals surface area contributed by atoms with Gasteiger partial charge >= 0.3 is 0 Å². The molecule has 1 fully saturated rings. The maximum Gasteiger partial charge on any atom is 0.256 e. The molecule has 1 aliphatic rings. The van der Waals surface area contributed by atoms with E-state index in [-0.39, 0.29) is 5.91 Å². The number of amides is 1. The molecule has 4 rings (SSSR count). The van der Waals surface area contributed by atoms with Crippen molar-refractivity contribution in [1.29, 1.82) is 0 Å². The smallest absolute Gasteiger partial charge is 0.256 e. The maximum atomic E-state index is 13.3. The van der Waals surface area contributed by atoms with Crippen molar-refractivity contribution < 1.29 is 9.90 Å². The minimum Gasteiger partial charge on any atom is -0.385 e. The van der Waals surface area contributed by atoms with Crippen molar-refractivity contribution in [2.75, 3.05) is 13.1 Å². The molecule has 1 aliphatic heterocycles. The van der Waals surface area contributed by atoms with E-state index < -0.39 is 5.60 Å². The molecule has 2 aromatic carbocycles. The van der Waals surface area contributed by atoms with Crippen molar-refractivity contribution in [3.63, 3.8) is 0 Å². The normalized spacial score (nSPS) is 16.1. The van der Waals surface area contributed by atoms with Crippen LogP contribution in [-0.2, 0) is 5.60 Å². The van der Waals surface area contributed by atoms with E-state index in [0.717, 1.165) is 27.1 Å². The fraction of sp³-hybridized carbons (Fsp3) is 0.304. The molecular weight excluding hydrogens is 430 g/mol. The second-order valence-electron chi connectivity index (χ2n) is 7.69. The summed E-state index contributed by atoms with van der Waals surface area (Å²) in [5.74, 6) is -0.0222. The number of hydrogen-bond donors (Lipinski definition) is 1. The standard InChI is InChI=1S/C23H24BrN3O2/c1-16-15-17(2)27(25-16)21-6-4-3-5-20(21)22(28)26-13-11-23(29,12-14-26)18-7-9-19(24)10-8-18/h3-10,15,29H,11-14H2,1-2H3. The van der Waals surface area contributed by atoms with Crippen molar-refractivity contribution in [2.24, 2.45) is 0 Å². The summed E-state index contributed by atoms with van der Waals surface area (Å²) < 4.78 is 2.81. The van der Waals surface area contributed by atoms with Crippen LogP contribution in [0.25, 0.3) is 5.69 Å². The van der Waals surface area contributed by atoms with E-state index in [1.807, 2.05) is 78.0 Å². The Hall–Kier alpha value is -2.44. The van der Waals surface area contributed by atoms with E-state index in [1.165, 1.54) is 0 Å². The summed E-state index contributed by atoms with van der Waals surface area (Å²) in [5.41, 5.74) is 3.33. The molecule has 29 heavy (non-hydrogen) atoms. The highest BCUT2D eigenvalue weighted by Crippen LogP contribution is 2.34. The average molecular weight is 454 g/mol. The molecule has 6 heteroatoms. The van der Waals surface area contributed by atoms with Crippen molar-refractivity contribution in [3.05, 3.63) is 81.6 Å². The van der Waals surface area contributed by atoms with Gasteiger partial charge in [0.25, 0.3) is 5.91 Å². The summed E-state index contributed by atoms with van der Waals surface area (Å²) in [6.45, 7) is 4.95. The minimum atomic E-state index is -0.896. The Labute approximate surface area is 179 Å². The highest BCUT2D eigenvalue weighted by molar-refractivity contribution is 9.10. The molecule has 0 unspecified atom stereocenters. The fourth-order valence-corrected chi connectivity index (χ4v) is 4.28. The van der Waals surface area contributed by atoms with Gasteiger partial charge in [-0.3, -0.25) is 4.79 Å². The number of carbonyl (C=O) groups excluding carboxylic acids is 1. The third kappa shape index (κ3) is 3.87. The largest absolute Gasteiger partial charge is 0.385 e. The van der Waals surface area contributed by atoms with Crippen LogP contribution in [0.2, 0.25) is 0 Å². The molecule has 0 bridgehead atoms. The van der Waals surface area contributed by atoms with E-state index >= 15 is 0 Å². The summed E-state index contributed by atoms with van der Waals surface area (Å²) in [4.78, 5) is 15.1. The Kier molecular flexibility index (Phi) is 5.32. The lowest BCUT2D eigenvalue weighted by molar-refractivity contribution is -0.0211. The molecule has 0 aliphatic carbocycles. The highest BCUT2D eigenvalue weighted by atomic mass is 79.9. The zero-order valence-electron chi connectivity index (χ0n) is 16.6. The second-order valence-corrected chi connectivity index (χ2v) is 8.60. The van der Waals surface area contributed by atoms with Gasteiger partial charge in [0.05, 0.1) is 22.5 Å². The Morgan fingerprint density at radius 3 is 2.34 bits per heavy atom. The van der Waals surface area contributed by atoms with Gasteiger partial charge in [-0.15, -0.1) is 0 Å². The number of aryl methyl sites for hydroxylation is 2. The molecule has 0 spiro atoms. The SMILES string of the molecule is Cc1cc(C)n(-c2ccccc2C(=O)N2CCC(O)(c3ccc(Br)cc3)CC2)n1. The predicted octanol–water partition coefficient (Wildman–Crippen LogP) is 4.38. The van der Waals surface area contributed by atoms with E-state index in [4.69, 9.17) is 0 Å². The van der Waals surface area contributed by atoms with Crippen molar-refractivity contribution in [3.8, 4) is 5.69 Å². The highest BCUT2D eigenvalue weighted by Gasteiger charge is 2.36. The van der Waals surface area contributed by atoms with Crippen LogP contribution in [0.3, 0.4) is 0 Å². The molecule has 5 nitrogen and oxygen atoms in total. The first-order valence-electron chi connectivity index (χ1n) is 9.78. The lowest BCUT2D eigenvalue weighted by atomic mass is 9.84. The Bertz CT molecular complexity index is 1030. The molecule has 1 amide bonds. The van der Waals surface area contributed by atoms with Crippen LogP contribution >= 0.6 is 15.9 Å². The zero-order valence-corrected chi connectivity index (χ0v) is 18.2. The van der Waals surface area contributed by atoms with E-state index in [0.29, 0.717) is 31.5 Å². The molecule has 0 saturated carbocycles. The molecule has 3 aromatic rings. The van der Waals surface area contributed by atoms with E-state index in [2.05, 4.69) is 21.0 Å². The lowest BCUT2D eigenvalue weighted by Crippen LogP contribution is -2.45. The van der Waals surface area contributed by atoms with E-state index in [1.54, 1.807) is 0 Å². The van der Waals surface area contributed by atoms with Crippen LogP contribution in [0.5, 0.6) is 0 Å². The zero-order chi connectivity index (χ0) is 20.6. The van der Waals surface area contributed by atoms with Crippen molar-refractivity contribution >= 4 is 21.8 Å². The van der Waals surface area contributed by atoms with Crippen LogP contribution in [0, 0.1) is 13.8 Å². The number of aromatic nitrogens is 2. The number of rotatable bonds is 3. The number of halogens is 1. The van der Waals surface area contributed by atoms with Gasteiger partial charge in [0, 0.05) is 23.3 Å². The molecule has 1 saturated heterocycles. The fourth-order valence-electron chi connectivity index (χ4n) is 4.01. The monoisotopic (exact) mass is 453 g/mol. The Balaban J connectivity index is 1.55. The van der Waals surface area contributed by atoms with Gasteiger partial charge in [0.1, 0.15) is 0 Å². The van der Waals surface area contributed by atoms with Gasteiger partial charge < -0.3 is 10.0 Å². The lowest BCUT2D eigenvalue weighted by Gasteiger charge is -2.38. The van der Waals surface area contributed by atoms with E-state index in [9.17, 15) is 9.90 Å². The molecule has 0 atom stereocenters. The number of carbonyl (C=O) groups is 1. The van der Waals surface area contributed by atoms with Gasteiger partial charge in [-0.25, -0.2) is 4.68 Å². The first-order chi connectivity index (χ1) is 13.9. The summed E-state index contributed by atoms with van der Waals surface area (Å²) in [6.07, 6.45) is 1.03. The van der Waals surface area contributed by atoms with Crippen molar-refractivity contribution in [1.82, 2.24) is 14.7 Å². The quantitative estimate of drug-likeness (QED) is 0.640. The third-order valence-electron chi connectivity index (χ3n) is 5.63. The van der Waals surface area contributed by atoms with Gasteiger partial charge in [-0.2, -0.15) is 5.10 Å². The Morgan fingerprint density at radius 2 is 1.72 bits per heavy atom. The topological polar surface area (TPSA) is 58.4 Å².